The summed E-state index contributed by atoms with van der Waals surface area (Å²) in [4.78, 5) is 8.87. The van der Waals surface area contributed by atoms with Crippen molar-refractivity contribution in [3.63, 3.8) is 0 Å². The van der Waals surface area contributed by atoms with Gasteiger partial charge in [0.1, 0.15) is 0 Å². The summed E-state index contributed by atoms with van der Waals surface area (Å²) in [6.07, 6.45) is 3.48. The number of pyridine rings is 2. The molecule has 0 spiro atoms. The molecule has 0 aliphatic rings. The number of rotatable bonds is 3. The van der Waals surface area contributed by atoms with Gasteiger partial charge in [0, 0.05) is 29.0 Å². The molecular weight excluding hydrogens is 248 g/mol. The summed E-state index contributed by atoms with van der Waals surface area (Å²) in [6.45, 7) is 0. The lowest BCUT2D eigenvalue weighted by Crippen LogP contribution is -2.20. The fourth-order valence-electron chi connectivity index (χ4n) is 2.36. The fraction of sp³-hybridized carbons (Fsp3) is 0.125. The summed E-state index contributed by atoms with van der Waals surface area (Å²) in [5.74, 6) is 0. The topological polar surface area (TPSA) is 63.8 Å². The Morgan fingerprint density at radius 2 is 1.95 bits per heavy atom. The van der Waals surface area contributed by atoms with E-state index in [9.17, 15) is 0 Å². The van der Waals surface area contributed by atoms with Gasteiger partial charge >= 0.3 is 0 Å². The zero-order chi connectivity index (χ0) is 13.9. The summed E-state index contributed by atoms with van der Waals surface area (Å²) in [6, 6.07) is 13.9. The first-order chi connectivity index (χ1) is 9.79. The zero-order valence-corrected chi connectivity index (χ0v) is 11.2. The number of fused-ring (bicyclic) bond motifs is 1. The predicted octanol–water partition coefficient (Wildman–Crippen LogP) is 2.52. The highest BCUT2D eigenvalue weighted by Crippen LogP contribution is 2.25. The highest BCUT2D eigenvalue weighted by molar-refractivity contribution is 5.78. The molecule has 0 saturated carbocycles. The van der Waals surface area contributed by atoms with E-state index in [0.717, 1.165) is 22.2 Å². The van der Waals surface area contributed by atoms with E-state index in [-0.39, 0.29) is 6.04 Å². The van der Waals surface area contributed by atoms with Crippen molar-refractivity contribution in [1.29, 1.82) is 0 Å². The van der Waals surface area contributed by atoms with E-state index in [1.807, 2.05) is 31.3 Å². The molecule has 2 aromatic heterocycles. The van der Waals surface area contributed by atoms with Crippen LogP contribution >= 0.6 is 0 Å². The third-order valence-corrected chi connectivity index (χ3v) is 3.40. The number of nitrogens with one attached hydrogen (secondary N) is 1. The first-order valence-electron chi connectivity index (χ1n) is 6.52. The first kappa shape index (κ1) is 12.6. The van der Waals surface area contributed by atoms with Gasteiger partial charge in [-0.15, -0.1) is 0 Å². The minimum Gasteiger partial charge on any atom is -0.398 e. The number of hydrogen-bond acceptors (Lipinski definition) is 4. The maximum Gasteiger partial charge on any atom is 0.0784 e. The number of benzene rings is 1. The van der Waals surface area contributed by atoms with E-state index >= 15 is 0 Å². The second-order valence-electron chi connectivity index (χ2n) is 4.66. The Bertz CT molecular complexity index is 739. The Balaban J connectivity index is 2.10. The largest absolute Gasteiger partial charge is 0.398 e. The van der Waals surface area contributed by atoms with Gasteiger partial charge in [-0.1, -0.05) is 24.3 Å². The number of anilines is 1. The quantitative estimate of drug-likeness (QED) is 0.763. The van der Waals surface area contributed by atoms with E-state index in [0.29, 0.717) is 5.69 Å². The molecule has 0 saturated heterocycles. The van der Waals surface area contributed by atoms with E-state index in [4.69, 9.17) is 10.7 Å². The summed E-state index contributed by atoms with van der Waals surface area (Å²) < 4.78 is 0. The molecule has 3 rings (SSSR count). The average Bonchev–Trinajstić information content (AvgIpc) is 2.50. The van der Waals surface area contributed by atoms with E-state index in [1.54, 1.807) is 18.5 Å². The third kappa shape index (κ3) is 2.21. The standard InChI is InChI=1S/C16H16N4/c1-18-16(12-10-19-9-8-13(12)17)15-7-6-11-4-2-3-5-14(11)20-15/h2-10,16,18H,1H3,(H2,17,19). The van der Waals surface area contributed by atoms with Crippen LogP contribution in [0.25, 0.3) is 10.9 Å². The Kier molecular flexibility index (Phi) is 3.31. The van der Waals surface area contributed by atoms with Crippen molar-refractivity contribution in [1.82, 2.24) is 15.3 Å². The molecule has 1 unspecified atom stereocenters. The van der Waals surface area contributed by atoms with Gasteiger partial charge in [-0.25, -0.2) is 0 Å². The molecule has 0 aliphatic heterocycles. The molecule has 0 bridgehead atoms. The summed E-state index contributed by atoms with van der Waals surface area (Å²) in [5, 5.41) is 4.39. The Morgan fingerprint density at radius 1 is 1.10 bits per heavy atom. The SMILES string of the molecule is CNC(c1ccc2ccccc2n1)c1cnccc1N. The lowest BCUT2D eigenvalue weighted by Gasteiger charge is -2.18. The molecule has 0 aliphatic carbocycles. The maximum absolute atomic E-state index is 6.04. The summed E-state index contributed by atoms with van der Waals surface area (Å²) >= 11 is 0. The molecule has 20 heavy (non-hydrogen) atoms. The number of nitrogens with two attached hydrogens (primary N) is 1. The van der Waals surface area contributed by atoms with Crippen molar-refractivity contribution in [3.05, 3.63) is 66.1 Å². The minimum atomic E-state index is -0.0618. The van der Waals surface area contributed by atoms with Gasteiger partial charge in [0.25, 0.3) is 0 Å². The maximum atomic E-state index is 6.04. The van der Waals surface area contributed by atoms with Crippen LogP contribution in [-0.4, -0.2) is 17.0 Å². The predicted molar refractivity (Wildman–Crippen MR) is 81.3 cm³/mol. The number of nitrogen functional groups attached to an aromatic ring is 1. The Labute approximate surface area is 117 Å². The van der Waals surface area contributed by atoms with Gasteiger partial charge in [-0.05, 0) is 25.2 Å². The fourth-order valence-corrected chi connectivity index (χ4v) is 2.36. The normalized spacial score (nSPS) is 12.4. The smallest absolute Gasteiger partial charge is 0.0784 e. The van der Waals surface area contributed by atoms with E-state index in [1.165, 1.54) is 0 Å². The molecule has 1 atom stereocenters. The van der Waals surface area contributed by atoms with Crippen molar-refractivity contribution in [3.8, 4) is 0 Å². The van der Waals surface area contributed by atoms with Crippen molar-refractivity contribution in [2.75, 3.05) is 12.8 Å². The van der Waals surface area contributed by atoms with Crippen molar-refractivity contribution in [2.24, 2.45) is 0 Å². The van der Waals surface area contributed by atoms with Crippen molar-refractivity contribution >= 4 is 16.6 Å². The average molecular weight is 264 g/mol. The van der Waals surface area contributed by atoms with Crippen molar-refractivity contribution in [2.45, 2.75) is 6.04 Å². The molecule has 3 aromatic rings. The van der Waals surface area contributed by atoms with Crippen LogP contribution in [0.3, 0.4) is 0 Å². The molecule has 4 heteroatoms. The molecule has 4 nitrogen and oxygen atoms in total. The third-order valence-electron chi connectivity index (χ3n) is 3.40. The van der Waals surface area contributed by atoms with Crippen LogP contribution in [0.2, 0.25) is 0 Å². The molecule has 3 N–H and O–H groups in total. The second kappa shape index (κ2) is 5.27. The van der Waals surface area contributed by atoms with E-state index < -0.39 is 0 Å². The molecule has 0 amide bonds. The van der Waals surface area contributed by atoms with Crippen molar-refractivity contribution < 1.29 is 0 Å². The molecular formula is C16H16N4. The van der Waals surface area contributed by atoms with Crippen LogP contribution in [-0.2, 0) is 0 Å². The van der Waals surface area contributed by atoms with Gasteiger partial charge in [0.15, 0.2) is 0 Å². The Hall–Kier alpha value is -2.46. The summed E-state index contributed by atoms with van der Waals surface area (Å²) in [7, 11) is 1.90. The van der Waals surface area contributed by atoms with Gasteiger partial charge in [-0.2, -0.15) is 0 Å². The van der Waals surface area contributed by atoms with Crippen LogP contribution < -0.4 is 11.1 Å². The molecule has 100 valence electrons. The zero-order valence-electron chi connectivity index (χ0n) is 11.2. The number of aromatic nitrogens is 2. The highest BCUT2D eigenvalue weighted by Gasteiger charge is 2.16. The van der Waals surface area contributed by atoms with Crippen LogP contribution in [0.4, 0.5) is 5.69 Å². The van der Waals surface area contributed by atoms with Crippen LogP contribution in [0, 0.1) is 0 Å². The van der Waals surface area contributed by atoms with Crippen LogP contribution in [0.1, 0.15) is 17.3 Å². The first-order valence-corrected chi connectivity index (χ1v) is 6.52. The molecule has 2 heterocycles. The molecule has 0 radical (unpaired) electrons. The van der Waals surface area contributed by atoms with Gasteiger partial charge in [-0.3, -0.25) is 9.97 Å². The second-order valence-corrected chi connectivity index (χ2v) is 4.66. The van der Waals surface area contributed by atoms with Crippen LogP contribution in [0.5, 0.6) is 0 Å². The van der Waals surface area contributed by atoms with Gasteiger partial charge in [0.2, 0.25) is 0 Å². The number of nitrogens with zero attached hydrogens (tertiary/aromatic N) is 2. The Morgan fingerprint density at radius 3 is 2.75 bits per heavy atom. The lowest BCUT2D eigenvalue weighted by atomic mass is 10.0. The van der Waals surface area contributed by atoms with Crippen LogP contribution in [0.15, 0.2) is 54.9 Å². The van der Waals surface area contributed by atoms with Gasteiger partial charge in [0.05, 0.1) is 17.3 Å². The summed E-state index contributed by atoms with van der Waals surface area (Å²) in [5.41, 5.74) is 9.61. The molecule has 1 aromatic carbocycles. The van der Waals surface area contributed by atoms with E-state index in [2.05, 4.69) is 22.4 Å². The lowest BCUT2D eigenvalue weighted by molar-refractivity contribution is 0.673. The highest BCUT2D eigenvalue weighted by atomic mass is 14.9. The molecule has 0 fully saturated rings. The minimum absolute atomic E-state index is 0.0618. The number of hydrogen-bond donors (Lipinski definition) is 2. The van der Waals surface area contributed by atoms with Gasteiger partial charge < -0.3 is 11.1 Å². The number of para-hydroxylation sites is 1. The monoisotopic (exact) mass is 264 g/mol.